The highest BCUT2D eigenvalue weighted by atomic mass is 16.7. The third kappa shape index (κ3) is 4.00. The van der Waals surface area contributed by atoms with Gasteiger partial charge in [0.1, 0.15) is 0 Å². The van der Waals surface area contributed by atoms with Crippen LogP contribution in [0.5, 0.6) is 0 Å². The maximum absolute atomic E-state index is 5.08. The summed E-state index contributed by atoms with van der Waals surface area (Å²) in [6.45, 7) is 3.65. The van der Waals surface area contributed by atoms with Crippen LogP contribution in [0.4, 0.5) is 0 Å². The van der Waals surface area contributed by atoms with Crippen LogP contribution in [0.2, 0.25) is 0 Å². The first-order chi connectivity index (χ1) is 7.27. The van der Waals surface area contributed by atoms with E-state index < -0.39 is 0 Å². The third-order valence-corrected chi connectivity index (χ3v) is 2.41. The van der Waals surface area contributed by atoms with Crippen LogP contribution in [0.25, 0.3) is 0 Å². The van der Waals surface area contributed by atoms with Crippen LogP contribution < -0.4 is 5.32 Å². The second-order valence-corrected chi connectivity index (χ2v) is 3.46. The molecule has 1 rings (SSSR count). The van der Waals surface area contributed by atoms with Gasteiger partial charge in [0.25, 0.3) is 0 Å². The number of aryl methyl sites for hydroxylation is 1. The highest BCUT2D eigenvalue weighted by molar-refractivity contribution is 5.25. The molecule has 1 aromatic carbocycles. The summed E-state index contributed by atoms with van der Waals surface area (Å²) in [5, 5.41) is 3.29. The molecule has 0 aliphatic heterocycles. The fourth-order valence-corrected chi connectivity index (χ4v) is 1.40. The van der Waals surface area contributed by atoms with E-state index in [-0.39, 0.29) is 6.29 Å². The second-order valence-electron chi connectivity index (χ2n) is 3.46. The van der Waals surface area contributed by atoms with E-state index in [0.717, 1.165) is 6.54 Å². The van der Waals surface area contributed by atoms with E-state index in [0.29, 0.717) is 6.54 Å². The Morgan fingerprint density at radius 3 is 2.47 bits per heavy atom. The lowest BCUT2D eigenvalue weighted by molar-refractivity contribution is -0.0989. The summed E-state index contributed by atoms with van der Waals surface area (Å²) in [7, 11) is 3.28. The molecule has 0 amide bonds. The minimum Gasteiger partial charge on any atom is -0.355 e. The van der Waals surface area contributed by atoms with Crippen LogP contribution in [0.1, 0.15) is 11.1 Å². The summed E-state index contributed by atoms with van der Waals surface area (Å²) in [4.78, 5) is 0. The van der Waals surface area contributed by atoms with Crippen LogP contribution in [0.15, 0.2) is 24.3 Å². The van der Waals surface area contributed by atoms with Crippen molar-refractivity contribution in [3.8, 4) is 0 Å². The Morgan fingerprint density at radius 1 is 1.20 bits per heavy atom. The van der Waals surface area contributed by atoms with Crippen molar-refractivity contribution in [3.05, 3.63) is 35.4 Å². The van der Waals surface area contributed by atoms with Gasteiger partial charge < -0.3 is 14.8 Å². The zero-order valence-corrected chi connectivity index (χ0v) is 9.62. The third-order valence-electron chi connectivity index (χ3n) is 2.41. The van der Waals surface area contributed by atoms with Gasteiger partial charge in [-0.25, -0.2) is 0 Å². The quantitative estimate of drug-likeness (QED) is 0.723. The molecule has 0 aliphatic carbocycles. The normalized spacial score (nSPS) is 10.9. The SMILES string of the molecule is COC(CNCc1ccccc1C)OC. The van der Waals surface area contributed by atoms with Crippen molar-refractivity contribution in [2.24, 2.45) is 0 Å². The van der Waals surface area contributed by atoms with Crippen LogP contribution in [-0.4, -0.2) is 27.1 Å². The van der Waals surface area contributed by atoms with Gasteiger partial charge in [0, 0.05) is 27.3 Å². The number of methoxy groups -OCH3 is 2. The smallest absolute Gasteiger partial charge is 0.169 e. The van der Waals surface area contributed by atoms with E-state index in [4.69, 9.17) is 9.47 Å². The largest absolute Gasteiger partial charge is 0.355 e. The maximum atomic E-state index is 5.08. The Bertz CT molecular complexity index is 285. The van der Waals surface area contributed by atoms with Crippen LogP contribution in [0, 0.1) is 6.92 Å². The average Bonchev–Trinajstić information content (AvgIpc) is 2.27. The maximum Gasteiger partial charge on any atom is 0.169 e. The van der Waals surface area contributed by atoms with E-state index in [2.05, 4.69) is 24.4 Å². The van der Waals surface area contributed by atoms with Gasteiger partial charge in [-0.05, 0) is 18.1 Å². The minimum absolute atomic E-state index is 0.172. The summed E-state index contributed by atoms with van der Waals surface area (Å²) in [5.74, 6) is 0. The van der Waals surface area contributed by atoms with E-state index in [1.165, 1.54) is 11.1 Å². The van der Waals surface area contributed by atoms with Gasteiger partial charge in [-0.15, -0.1) is 0 Å². The lowest BCUT2D eigenvalue weighted by Gasteiger charge is -2.14. The molecule has 0 saturated carbocycles. The first-order valence-corrected chi connectivity index (χ1v) is 5.08. The van der Waals surface area contributed by atoms with Gasteiger partial charge in [0.2, 0.25) is 0 Å². The van der Waals surface area contributed by atoms with Crippen molar-refractivity contribution in [2.45, 2.75) is 19.8 Å². The molecule has 3 heteroatoms. The first kappa shape index (κ1) is 12.2. The lowest BCUT2D eigenvalue weighted by atomic mass is 10.1. The fourth-order valence-electron chi connectivity index (χ4n) is 1.40. The molecule has 1 N–H and O–H groups in total. The lowest BCUT2D eigenvalue weighted by Crippen LogP contribution is -2.29. The van der Waals surface area contributed by atoms with Crippen molar-refractivity contribution in [3.63, 3.8) is 0 Å². The van der Waals surface area contributed by atoms with Crippen molar-refractivity contribution < 1.29 is 9.47 Å². The van der Waals surface area contributed by atoms with Crippen molar-refractivity contribution >= 4 is 0 Å². The predicted molar refractivity (Wildman–Crippen MR) is 60.7 cm³/mol. The van der Waals surface area contributed by atoms with Gasteiger partial charge in [0.15, 0.2) is 6.29 Å². The van der Waals surface area contributed by atoms with Crippen molar-refractivity contribution in [1.29, 1.82) is 0 Å². The zero-order valence-electron chi connectivity index (χ0n) is 9.62. The molecule has 0 aromatic heterocycles. The van der Waals surface area contributed by atoms with Gasteiger partial charge in [-0.3, -0.25) is 0 Å². The molecule has 84 valence electrons. The molecule has 0 unspecified atom stereocenters. The predicted octanol–water partition coefficient (Wildman–Crippen LogP) is 1.70. The number of ether oxygens (including phenoxy) is 2. The summed E-state index contributed by atoms with van der Waals surface area (Å²) < 4.78 is 10.2. The van der Waals surface area contributed by atoms with Crippen molar-refractivity contribution in [2.75, 3.05) is 20.8 Å². The Labute approximate surface area is 91.4 Å². The topological polar surface area (TPSA) is 30.5 Å². The van der Waals surface area contributed by atoms with Crippen molar-refractivity contribution in [1.82, 2.24) is 5.32 Å². The zero-order chi connectivity index (χ0) is 11.1. The van der Waals surface area contributed by atoms with Gasteiger partial charge in [-0.1, -0.05) is 24.3 Å². The Kier molecular flexibility index (Phi) is 5.32. The van der Waals surface area contributed by atoms with E-state index in [1.54, 1.807) is 14.2 Å². The molecule has 0 heterocycles. The molecule has 0 saturated heterocycles. The average molecular weight is 209 g/mol. The summed E-state index contributed by atoms with van der Waals surface area (Å²) in [5.41, 5.74) is 2.61. The molecule has 0 aliphatic rings. The van der Waals surface area contributed by atoms with Crippen LogP contribution in [0.3, 0.4) is 0 Å². The number of hydrogen-bond donors (Lipinski definition) is 1. The molecule has 0 fully saturated rings. The molecule has 0 atom stereocenters. The summed E-state index contributed by atoms with van der Waals surface area (Å²) >= 11 is 0. The van der Waals surface area contributed by atoms with Gasteiger partial charge in [-0.2, -0.15) is 0 Å². The second kappa shape index (κ2) is 6.56. The summed E-state index contributed by atoms with van der Waals surface area (Å²) in [6, 6.07) is 8.33. The standard InChI is InChI=1S/C12H19NO2/c1-10-6-4-5-7-11(10)8-13-9-12(14-2)15-3/h4-7,12-13H,8-9H2,1-3H3. The number of hydrogen-bond acceptors (Lipinski definition) is 3. The van der Waals surface area contributed by atoms with Crippen LogP contribution >= 0.6 is 0 Å². The highest BCUT2D eigenvalue weighted by Gasteiger charge is 2.03. The molecule has 15 heavy (non-hydrogen) atoms. The Hall–Kier alpha value is -0.900. The first-order valence-electron chi connectivity index (χ1n) is 5.08. The van der Waals surface area contributed by atoms with Crippen LogP contribution in [-0.2, 0) is 16.0 Å². The number of nitrogens with one attached hydrogen (secondary N) is 1. The van der Waals surface area contributed by atoms with E-state index >= 15 is 0 Å². The molecular weight excluding hydrogens is 190 g/mol. The van der Waals surface area contributed by atoms with Gasteiger partial charge in [0.05, 0.1) is 0 Å². The van der Waals surface area contributed by atoms with E-state index in [1.807, 2.05) is 12.1 Å². The Balaban J connectivity index is 2.34. The molecule has 0 spiro atoms. The molecule has 3 nitrogen and oxygen atoms in total. The monoisotopic (exact) mass is 209 g/mol. The van der Waals surface area contributed by atoms with E-state index in [9.17, 15) is 0 Å². The summed E-state index contributed by atoms with van der Waals surface area (Å²) in [6.07, 6.45) is -0.172. The Morgan fingerprint density at radius 2 is 1.87 bits per heavy atom. The fraction of sp³-hybridized carbons (Fsp3) is 0.500. The highest BCUT2D eigenvalue weighted by Crippen LogP contribution is 2.06. The molecule has 0 radical (unpaired) electrons. The minimum atomic E-state index is -0.172. The number of benzene rings is 1. The molecule has 0 bridgehead atoms. The number of rotatable bonds is 6. The molecular formula is C12H19NO2. The molecule has 1 aromatic rings. The van der Waals surface area contributed by atoms with Gasteiger partial charge >= 0.3 is 0 Å².